The molecule has 0 spiro atoms. The number of β-lactam (4-membered cyclic amide) rings is 1. The number of oxime groups is 1. The van der Waals surface area contributed by atoms with Gasteiger partial charge in [0.25, 0.3) is 11.8 Å². The minimum atomic E-state index is -1.34. The molecular weight excluding hydrogens is 581 g/mol. The van der Waals surface area contributed by atoms with Crippen LogP contribution in [0.4, 0.5) is 5.13 Å². The molecule has 2 aliphatic heterocycles. The number of esters is 1. The molecular formula is C22H19Cl2N5O7S2. The summed E-state index contributed by atoms with van der Waals surface area (Å²) in [6.07, 6.45) is 0. The van der Waals surface area contributed by atoms with Crippen molar-refractivity contribution in [2.45, 2.75) is 24.9 Å². The molecule has 1 fully saturated rings. The maximum atomic E-state index is 13.2. The SMILES string of the molecule is CC(=O)OCC1=C(C(=O)O)N2C(=O)[C@@H](NC(=O)C(=NOCc3ccc(Cl)c(Cl)c3)c3csc(N)n3)[C@H]2SC1. The summed E-state index contributed by atoms with van der Waals surface area (Å²) in [6, 6.07) is 3.82. The molecule has 1 aromatic carbocycles. The number of aromatic nitrogens is 1. The summed E-state index contributed by atoms with van der Waals surface area (Å²) >= 11 is 14.2. The van der Waals surface area contributed by atoms with Crippen molar-refractivity contribution >= 4 is 80.9 Å². The number of aliphatic carboxylic acids is 1. The summed E-state index contributed by atoms with van der Waals surface area (Å²) in [5.41, 5.74) is 6.27. The van der Waals surface area contributed by atoms with Crippen LogP contribution >= 0.6 is 46.3 Å². The summed E-state index contributed by atoms with van der Waals surface area (Å²) in [4.78, 5) is 59.6. The first kappa shape index (κ1) is 27.7. The zero-order valence-electron chi connectivity index (χ0n) is 19.5. The van der Waals surface area contributed by atoms with Gasteiger partial charge in [-0.15, -0.1) is 23.1 Å². The fourth-order valence-corrected chi connectivity index (χ4v) is 5.79. The van der Waals surface area contributed by atoms with Crippen molar-refractivity contribution in [1.29, 1.82) is 0 Å². The molecule has 12 nitrogen and oxygen atoms in total. The highest BCUT2D eigenvalue weighted by atomic mass is 35.5. The Morgan fingerprint density at radius 1 is 1.29 bits per heavy atom. The van der Waals surface area contributed by atoms with E-state index in [-0.39, 0.29) is 46.8 Å². The van der Waals surface area contributed by atoms with Crippen molar-refractivity contribution in [2.75, 3.05) is 18.1 Å². The number of benzene rings is 1. The van der Waals surface area contributed by atoms with Gasteiger partial charge in [-0.1, -0.05) is 34.4 Å². The topological polar surface area (TPSA) is 174 Å². The van der Waals surface area contributed by atoms with E-state index < -0.39 is 35.2 Å². The fourth-order valence-electron chi connectivity index (χ4n) is 3.59. The molecule has 0 aliphatic carbocycles. The van der Waals surface area contributed by atoms with Crippen LogP contribution in [0.5, 0.6) is 0 Å². The number of nitrogens with two attached hydrogens (primary N) is 1. The second kappa shape index (κ2) is 11.6. The van der Waals surface area contributed by atoms with Gasteiger partial charge in [0.15, 0.2) is 10.8 Å². The van der Waals surface area contributed by atoms with E-state index in [4.69, 9.17) is 38.5 Å². The first-order chi connectivity index (χ1) is 18.1. The van der Waals surface area contributed by atoms with Crippen LogP contribution in [0, 0.1) is 0 Å². The lowest BCUT2D eigenvalue weighted by Gasteiger charge is -2.49. The molecule has 2 atom stereocenters. The molecule has 0 saturated carbocycles. The molecule has 38 heavy (non-hydrogen) atoms. The zero-order valence-corrected chi connectivity index (χ0v) is 22.6. The number of ether oxygens (including phenoxy) is 1. The van der Waals surface area contributed by atoms with E-state index in [1.165, 1.54) is 24.1 Å². The summed E-state index contributed by atoms with van der Waals surface area (Å²) in [7, 11) is 0. The Balaban J connectivity index is 1.50. The Hall–Kier alpha value is -3.33. The van der Waals surface area contributed by atoms with E-state index in [1.54, 1.807) is 18.2 Å². The molecule has 1 aromatic heterocycles. The number of carbonyl (C=O) groups excluding carboxylic acids is 3. The number of fused-ring (bicyclic) bond motifs is 1. The van der Waals surface area contributed by atoms with Gasteiger partial charge in [0.1, 0.15) is 36.0 Å². The maximum Gasteiger partial charge on any atom is 0.352 e. The molecule has 0 unspecified atom stereocenters. The van der Waals surface area contributed by atoms with Crippen molar-refractivity contribution in [3.63, 3.8) is 0 Å². The Kier molecular flexibility index (Phi) is 8.45. The van der Waals surface area contributed by atoms with Crippen LogP contribution in [0.15, 0.2) is 40.0 Å². The number of halogens is 2. The second-order valence-corrected chi connectivity index (χ2v) is 10.7. The van der Waals surface area contributed by atoms with Crippen LogP contribution in [0.1, 0.15) is 18.2 Å². The monoisotopic (exact) mass is 599 g/mol. The van der Waals surface area contributed by atoms with Gasteiger partial charge in [-0.05, 0) is 17.7 Å². The lowest BCUT2D eigenvalue weighted by atomic mass is 10.0. The number of nitrogen functional groups attached to an aromatic ring is 1. The van der Waals surface area contributed by atoms with Crippen molar-refractivity contribution in [3.05, 3.63) is 56.2 Å². The maximum absolute atomic E-state index is 13.2. The van der Waals surface area contributed by atoms with Gasteiger partial charge in [0.05, 0.1) is 10.0 Å². The van der Waals surface area contributed by atoms with Crippen LogP contribution in [-0.2, 0) is 35.4 Å². The highest BCUT2D eigenvalue weighted by molar-refractivity contribution is 8.00. The number of rotatable bonds is 9. The van der Waals surface area contributed by atoms with E-state index in [1.807, 2.05) is 0 Å². The van der Waals surface area contributed by atoms with Crippen molar-refractivity contribution < 1.29 is 33.9 Å². The van der Waals surface area contributed by atoms with Gasteiger partial charge in [-0.3, -0.25) is 19.3 Å². The average molecular weight is 600 g/mol. The van der Waals surface area contributed by atoms with Crippen molar-refractivity contribution in [1.82, 2.24) is 15.2 Å². The molecule has 2 aromatic rings. The number of carboxylic acids is 1. The van der Waals surface area contributed by atoms with Gasteiger partial charge in [0.2, 0.25) is 0 Å². The number of nitrogens with zero attached hydrogens (tertiary/aromatic N) is 3. The second-order valence-electron chi connectivity index (χ2n) is 7.93. The molecule has 4 N–H and O–H groups in total. The summed E-state index contributed by atoms with van der Waals surface area (Å²) < 4.78 is 4.92. The van der Waals surface area contributed by atoms with Crippen molar-refractivity contribution in [3.8, 4) is 0 Å². The van der Waals surface area contributed by atoms with Crippen LogP contribution in [-0.4, -0.2) is 68.2 Å². The van der Waals surface area contributed by atoms with Gasteiger partial charge in [0, 0.05) is 23.6 Å². The van der Waals surface area contributed by atoms with Crippen molar-refractivity contribution in [2.24, 2.45) is 5.16 Å². The van der Waals surface area contributed by atoms with Crippen LogP contribution in [0.3, 0.4) is 0 Å². The predicted molar refractivity (Wildman–Crippen MR) is 141 cm³/mol. The third-order valence-electron chi connectivity index (χ3n) is 5.34. The molecule has 16 heteroatoms. The summed E-state index contributed by atoms with van der Waals surface area (Å²) in [6.45, 7) is 0.902. The number of hydrogen-bond donors (Lipinski definition) is 3. The number of amides is 2. The molecule has 4 rings (SSSR count). The molecule has 2 amide bonds. The Labute approximate surface area is 233 Å². The Morgan fingerprint density at radius 2 is 2.05 bits per heavy atom. The number of carbonyl (C=O) groups is 4. The minimum absolute atomic E-state index is 0.0419. The summed E-state index contributed by atoms with van der Waals surface area (Å²) in [5, 5.41) is 17.9. The first-order valence-electron chi connectivity index (χ1n) is 10.8. The first-order valence-corrected chi connectivity index (χ1v) is 13.4. The van der Waals surface area contributed by atoms with E-state index >= 15 is 0 Å². The predicted octanol–water partition coefficient (Wildman–Crippen LogP) is 2.25. The lowest BCUT2D eigenvalue weighted by molar-refractivity contribution is -0.150. The molecule has 2 aliphatic rings. The van der Waals surface area contributed by atoms with E-state index in [0.717, 1.165) is 16.2 Å². The number of thioether (sulfide) groups is 1. The summed E-state index contributed by atoms with van der Waals surface area (Å²) in [5.74, 6) is -3.14. The smallest absolute Gasteiger partial charge is 0.352 e. The fraction of sp³-hybridized carbons (Fsp3) is 0.273. The standard InChI is InChI=1S/C22H19Cl2N5O7S2/c1-9(30)35-6-11-7-37-20-16(19(32)29(20)17(11)21(33)34)27-18(31)15(14-8-38-22(25)26-14)28-36-5-10-2-3-12(23)13(24)4-10/h2-4,8,16,20H,5-7H2,1H3,(H2,25,26)(H,27,31)(H,33,34)/t16-,20-/m1/s1. The highest BCUT2D eigenvalue weighted by Crippen LogP contribution is 2.40. The van der Waals surface area contributed by atoms with E-state index in [0.29, 0.717) is 15.6 Å². The lowest BCUT2D eigenvalue weighted by Crippen LogP contribution is -2.71. The molecule has 0 radical (unpaired) electrons. The number of nitrogens with one attached hydrogen (secondary N) is 1. The Morgan fingerprint density at radius 3 is 2.68 bits per heavy atom. The van der Waals surface area contributed by atoms with Gasteiger partial charge in [-0.25, -0.2) is 9.78 Å². The zero-order chi connectivity index (χ0) is 27.6. The number of hydrogen-bond acceptors (Lipinski definition) is 11. The number of carboxylic acid groups (broad SMARTS) is 1. The third kappa shape index (κ3) is 5.88. The van der Waals surface area contributed by atoms with Gasteiger partial charge >= 0.3 is 11.9 Å². The highest BCUT2D eigenvalue weighted by Gasteiger charge is 2.54. The van der Waals surface area contributed by atoms with Crippen LogP contribution < -0.4 is 11.1 Å². The normalized spacial score (nSPS) is 19.0. The number of anilines is 1. The molecule has 200 valence electrons. The third-order valence-corrected chi connectivity index (χ3v) is 8.09. The average Bonchev–Trinajstić information content (AvgIpc) is 3.30. The van der Waals surface area contributed by atoms with E-state index in [2.05, 4.69) is 15.5 Å². The molecule has 3 heterocycles. The van der Waals surface area contributed by atoms with Crippen LogP contribution in [0.25, 0.3) is 0 Å². The van der Waals surface area contributed by atoms with Gasteiger partial charge in [-0.2, -0.15) is 0 Å². The quantitative estimate of drug-likeness (QED) is 0.168. The van der Waals surface area contributed by atoms with Gasteiger partial charge < -0.3 is 25.7 Å². The van der Waals surface area contributed by atoms with E-state index in [9.17, 15) is 24.3 Å². The minimum Gasteiger partial charge on any atom is -0.477 e. The molecule has 0 bridgehead atoms. The number of thiazole rings is 1. The molecule has 1 saturated heterocycles. The Bertz CT molecular complexity index is 1380. The largest absolute Gasteiger partial charge is 0.477 e. The van der Waals surface area contributed by atoms with Crippen LogP contribution in [0.2, 0.25) is 10.0 Å².